The molecule has 0 spiro atoms. The molecule has 6 nitrogen and oxygen atoms in total. The third-order valence-corrected chi connectivity index (χ3v) is 4.87. The van der Waals surface area contributed by atoms with Crippen LogP contribution >= 0.6 is 9.24 Å². The van der Waals surface area contributed by atoms with Crippen LogP contribution < -0.4 is 5.32 Å². The van der Waals surface area contributed by atoms with Crippen LogP contribution in [0.4, 0.5) is 0 Å². The lowest BCUT2D eigenvalue weighted by molar-refractivity contribution is -0.141. The summed E-state index contributed by atoms with van der Waals surface area (Å²) in [6.07, 6.45) is 5.28. The molecule has 0 saturated carbocycles. The monoisotopic (exact) mass is 433 g/mol. The molecule has 1 unspecified atom stereocenters. The molecule has 0 radical (unpaired) electrons. The summed E-state index contributed by atoms with van der Waals surface area (Å²) in [5.74, 6) is -0.702. The van der Waals surface area contributed by atoms with E-state index in [1.165, 1.54) is 15.9 Å². The highest BCUT2D eigenvalue weighted by molar-refractivity contribution is 7.18. The highest BCUT2D eigenvalue weighted by atomic mass is 31.0. The van der Waals surface area contributed by atoms with E-state index in [0.29, 0.717) is 13.0 Å². The smallest absolute Gasteiger partial charge is 0.246 e. The SMILES string of the molecule is CCCNC(=O)[C@@H](Cc1ccccc1)N(C)C(=O)CN(C)C(=O)/C=C/CC(C)(C)P. The summed E-state index contributed by atoms with van der Waals surface area (Å²) in [7, 11) is 5.94. The van der Waals surface area contributed by atoms with Crippen molar-refractivity contribution in [3.8, 4) is 0 Å². The van der Waals surface area contributed by atoms with E-state index in [1.54, 1.807) is 14.1 Å². The number of carbonyl (C=O) groups is 3. The molecule has 0 aliphatic carbocycles. The highest BCUT2D eigenvalue weighted by Gasteiger charge is 2.28. The Morgan fingerprint density at radius 3 is 2.37 bits per heavy atom. The van der Waals surface area contributed by atoms with Crippen molar-refractivity contribution in [2.24, 2.45) is 0 Å². The molecule has 0 aliphatic heterocycles. The van der Waals surface area contributed by atoms with Crippen molar-refractivity contribution in [2.45, 2.75) is 51.2 Å². The molecule has 30 heavy (non-hydrogen) atoms. The van der Waals surface area contributed by atoms with Gasteiger partial charge in [-0.1, -0.05) is 57.2 Å². The van der Waals surface area contributed by atoms with Crippen LogP contribution in [0.3, 0.4) is 0 Å². The van der Waals surface area contributed by atoms with Crippen LogP contribution in [0.5, 0.6) is 0 Å². The quantitative estimate of drug-likeness (QED) is 0.431. The van der Waals surface area contributed by atoms with Crippen molar-refractivity contribution < 1.29 is 14.4 Å². The topological polar surface area (TPSA) is 69.7 Å². The molecule has 1 aromatic carbocycles. The minimum Gasteiger partial charge on any atom is -0.354 e. The Kier molecular flexibility index (Phi) is 10.8. The number of hydrogen-bond acceptors (Lipinski definition) is 3. The Labute approximate surface area is 183 Å². The van der Waals surface area contributed by atoms with Gasteiger partial charge in [-0.15, -0.1) is 9.24 Å². The second-order valence-electron chi connectivity index (χ2n) is 8.29. The third-order valence-electron chi connectivity index (χ3n) is 4.64. The zero-order chi connectivity index (χ0) is 22.7. The van der Waals surface area contributed by atoms with Gasteiger partial charge in [0.1, 0.15) is 6.04 Å². The van der Waals surface area contributed by atoms with Crippen molar-refractivity contribution >= 4 is 27.0 Å². The molecule has 1 aromatic rings. The molecule has 0 fully saturated rings. The molecular weight excluding hydrogens is 397 g/mol. The molecular formula is C23H36N3O3P. The number of carbonyl (C=O) groups excluding carboxylic acids is 3. The fourth-order valence-corrected chi connectivity index (χ4v) is 2.90. The zero-order valence-corrected chi connectivity index (χ0v) is 20.0. The first-order valence-corrected chi connectivity index (χ1v) is 10.9. The number of nitrogens with one attached hydrogen (secondary N) is 1. The minimum atomic E-state index is -0.636. The van der Waals surface area contributed by atoms with Gasteiger partial charge >= 0.3 is 0 Å². The maximum Gasteiger partial charge on any atom is 0.246 e. The predicted molar refractivity (Wildman–Crippen MR) is 125 cm³/mol. The normalized spacial score (nSPS) is 12.5. The summed E-state index contributed by atoms with van der Waals surface area (Å²) in [6, 6.07) is 8.97. The molecule has 1 N–H and O–H groups in total. The van der Waals surface area contributed by atoms with Gasteiger partial charge in [0, 0.05) is 27.1 Å². The maximum atomic E-state index is 12.8. The van der Waals surface area contributed by atoms with Gasteiger partial charge in [-0.25, -0.2) is 0 Å². The van der Waals surface area contributed by atoms with E-state index in [9.17, 15) is 14.4 Å². The lowest BCUT2D eigenvalue weighted by atomic mass is 10.0. The van der Waals surface area contributed by atoms with E-state index in [2.05, 4.69) is 28.4 Å². The largest absolute Gasteiger partial charge is 0.354 e. The van der Waals surface area contributed by atoms with Gasteiger partial charge in [-0.05, 0) is 29.6 Å². The maximum absolute atomic E-state index is 12.8. The van der Waals surface area contributed by atoms with E-state index in [-0.39, 0.29) is 29.4 Å². The third kappa shape index (κ3) is 9.53. The van der Waals surface area contributed by atoms with Crippen LogP contribution in [0.1, 0.15) is 39.2 Å². The average molecular weight is 434 g/mol. The molecule has 0 saturated heterocycles. The van der Waals surface area contributed by atoms with Crippen LogP contribution in [-0.4, -0.2) is 65.9 Å². The molecule has 166 valence electrons. The van der Waals surface area contributed by atoms with E-state index < -0.39 is 6.04 Å². The molecule has 0 heterocycles. The van der Waals surface area contributed by atoms with Crippen LogP contribution in [0.2, 0.25) is 0 Å². The van der Waals surface area contributed by atoms with Gasteiger partial charge in [0.2, 0.25) is 17.7 Å². The zero-order valence-electron chi connectivity index (χ0n) is 18.9. The van der Waals surface area contributed by atoms with Gasteiger partial charge in [-0.3, -0.25) is 14.4 Å². The first-order chi connectivity index (χ1) is 14.0. The Morgan fingerprint density at radius 1 is 1.17 bits per heavy atom. The van der Waals surface area contributed by atoms with Gasteiger partial charge in [0.15, 0.2) is 0 Å². The Bertz CT molecular complexity index is 729. The molecule has 0 aromatic heterocycles. The molecule has 7 heteroatoms. The van der Waals surface area contributed by atoms with Crippen LogP contribution in [0.15, 0.2) is 42.5 Å². The average Bonchev–Trinajstić information content (AvgIpc) is 2.69. The summed E-state index contributed by atoms with van der Waals surface area (Å²) >= 11 is 0. The van der Waals surface area contributed by atoms with Crippen LogP contribution in [0.25, 0.3) is 0 Å². The second-order valence-corrected chi connectivity index (χ2v) is 9.85. The van der Waals surface area contributed by atoms with Crippen molar-refractivity contribution in [3.05, 3.63) is 48.0 Å². The first kappa shape index (κ1) is 25.8. The summed E-state index contributed by atoms with van der Waals surface area (Å²) in [4.78, 5) is 40.7. The fourth-order valence-electron chi connectivity index (χ4n) is 2.77. The molecule has 3 amide bonds. The lowest BCUT2D eigenvalue weighted by Crippen LogP contribution is -2.51. The molecule has 2 atom stereocenters. The Hall–Kier alpha value is -2.20. The van der Waals surface area contributed by atoms with E-state index in [1.807, 2.05) is 43.3 Å². The fraction of sp³-hybridized carbons (Fsp3) is 0.522. The van der Waals surface area contributed by atoms with E-state index in [0.717, 1.165) is 18.4 Å². The van der Waals surface area contributed by atoms with E-state index >= 15 is 0 Å². The standard InChI is InChI=1S/C23H36N3O3P/c1-6-15-24-22(29)19(16-18-11-8-7-9-12-18)26(5)21(28)17-25(4)20(27)13-10-14-23(2,3)30/h7-13,19H,6,14-17,30H2,1-5H3,(H,24,29)/b13-10+/t19-/m1/s1. The lowest BCUT2D eigenvalue weighted by Gasteiger charge is -2.29. The summed E-state index contributed by atoms with van der Waals surface area (Å²) in [5.41, 5.74) is 0.973. The number of nitrogens with zero attached hydrogens (tertiary/aromatic N) is 2. The number of rotatable bonds is 11. The van der Waals surface area contributed by atoms with Crippen molar-refractivity contribution in [2.75, 3.05) is 27.2 Å². The van der Waals surface area contributed by atoms with Crippen molar-refractivity contribution in [3.63, 3.8) is 0 Å². The number of hydrogen-bond donors (Lipinski definition) is 1. The Balaban J connectivity index is 2.81. The minimum absolute atomic E-state index is 0.0158. The second kappa shape index (κ2) is 12.5. The summed E-state index contributed by atoms with van der Waals surface area (Å²) in [5, 5.41) is 2.90. The van der Waals surface area contributed by atoms with Gasteiger partial charge in [0.05, 0.1) is 6.54 Å². The number of allylic oxidation sites excluding steroid dienone is 1. The molecule has 0 aliphatic rings. The van der Waals surface area contributed by atoms with Crippen molar-refractivity contribution in [1.82, 2.24) is 15.1 Å². The van der Waals surface area contributed by atoms with Crippen LogP contribution in [0, 0.1) is 0 Å². The predicted octanol–water partition coefficient (Wildman–Crippen LogP) is 2.64. The van der Waals surface area contributed by atoms with Gasteiger partial charge in [-0.2, -0.15) is 0 Å². The van der Waals surface area contributed by atoms with Gasteiger partial charge in [0.25, 0.3) is 0 Å². The van der Waals surface area contributed by atoms with Crippen molar-refractivity contribution in [1.29, 1.82) is 0 Å². The number of likely N-dealkylation sites (N-methyl/N-ethyl adjacent to an activating group) is 2. The number of benzene rings is 1. The molecule has 1 rings (SSSR count). The summed E-state index contributed by atoms with van der Waals surface area (Å²) < 4.78 is 0. The molecule has 0 bridgehead atoms. The Morgan fingerprint density at radius 2 is 1.80 bits per heavy atom. The first-order valence-electron chi connectivity index (χ1n) is 10.3. The summed E-state index contributed by atoms with van der Waals surface area (Å²) in [6.45, 7) is 6.57. The van der Waals surface area contributed by atoms with Crippen LogP contribution in [-0.2, 0) is 20.8 Å². The highest BCUT2D eigenvalue weighted by Crippen LogP contribution is 2.20. The van der Waals surface area contributed by atoms with Gasteiger partial charge < -0.3 is 15.1 Å². The van der Waals surface area contributed by atoms with E-state index in [4.69, 9.17) is 0 Å². The number of amides is 3.